The maximum atomic E-state index is 10.6. The molecule has 0 spiro atoms. The Balaban J connectivity index is 3.00. The van der Waals surface area contributed by atoms with Gasteiger partial charge < -0.3 is 9.47 Å². The Morgan fingerprint density at radius 3 is 1.80 bits per heavy atom. The van der Waals surface area contributed by atoms with Crippen molar-refractivity contribution in [3.8, 4) is 0 Å². The summed E-state index contributed by atoms with van der Waals surface area (Å²) in [5.74, 6) is 0. The van der Waals surface area contributed by atoms with E-state index < -0.39 is 6.48 Å². The lowest BCUT2D eigenvalue weighted by molar-refractivity contribution is -0.292. The Hall–Kier alpha value is -0.120. The molecule has 0 bridgehead atoms. The van der Waals surface area contributed by atoms with Gasteiger partial charge in [0.25, 0.3) is 0 Å². The molecule has 0 amide bonds. The van der Waals surface area contributed by atoms with E-state index in [1.165, 1.54) is 0 Å². The SMILES string of the molecule is CCCOC([O])OCCC. The minimum atomic E-state index is -1.28. The average molecular weight is 147 g/mol. The van der Waals surface area contributed by atoms with Crippen molar-refractivity contribution in [3.05, 3.63) is 0 Å². The zero-order valence-electron chi connectivity index (χ0n) is 6.63. The molecule has 0 aromatic rings. The molecule has 0 unspecified atom stereocenters. The lowest BCUT2D eigenvalue weighted by atomic mass is 10.5. The third-order valence-corrected chi connectivity index (χ3v) is 0.916. The van der Waals surface area contributed by atoms with Crippen LogP contribution in [-0.4, -0.2) is 19.7 Å². The van der Waals surface area contributed by atoms with E-state index in [1.807, 2.05) is 13.8 Å². The standard InChI is InChI=1S/C7H15O3/c1-3-5-9-7(8)10-6-4-2/h7H,3-6H2,1-2H3. The van der Waals surface area contributed by atoms with Crippen molar-refractivity contribution < 1.29 is 14.6 Å². The molecule has 0 aromatic heterocycles. The van der Waals surface area contributed by atoms with E-state index in [4.69, 9.17) is 9.47 Å². The third-order valence-electron chi connectivity index (χ3n) is 0.916. The first-order chi connectivity index (χ1) is 4.81. The van der Waals surface area contributed by atoms with Crippen LogP contribution in [0.15, 0.2) is 0 Å². The van der Waals surface area contributed by atoms with E-state index in [1.54, 1.807) is 0 Å². The van der Waals surface area contributed by atoms with E-state index in [9.17, 15) is 5.11 Å². The largest absolute Gasteiger partial charge is 0.328 e. The fourth-order valence-electron chi connectivity index (χ4n) is 0.476. The summed E-state index contributed by atoms with van der Waals surface area (Å²) in [6, 6.07) is 0. The predicted octanol–water partition coefficient (Wildman–Crippen LogP) is 1.55. The van der Waals surface area contributed by atoms with Gasteiger partial charge in [-0.05, 0) is 12.8 Å². The summed E-state index contributed by atoms with van der Waals surface area (Å²) in [7, 11) is 0. The van der Waals surface area contributed by atoms with Gasteiger partial charge in [0.2, 0.25) is 0 Å². The highest BCUT2D eigenvalue weighted by Gasteiger charge is 2.02. The summed E-state index contributed by atoms with van der Waals surface area (Å²) in [6.07, 6.45) is 1.71. The van der Waals surface area contributed by atoms with E-state index in [-0.39, 0.29) is 0 Å². The van der Waals surface area contributed by atoms with Crippen molar-refractivity contribution in [1.82, 2.24) is 0 Å². The monoisotopic (exact) mass is 147 g/mol. The lowest BCUT2D eigenvalue weighted by Gasteiger charge is -2.08. The van der Waals surface area contributed by atoms with Gasteiger partial charge in [0.1, 0.15) is 0 Å². The summed E-state index contributed by atoms with van der Waals surface area (Å²) in [4.78, 5) is 0. The van der Waals surface area contributed by atoms with Crippen LogP contribution in [0.3, 0.4) is 0 Å². The summed E-state index contributed by atoms with van der Waals surface area (Å²) in [6.45, 7) is 3.59. The normalized spacial score (nSPS) is 10.8. The Morgan fingerprint density at radius 2 is 1.50 bits per heavy atom. The Kier molecular flexibility index (Phi) is 6.91. The minimum absolute atomic E-state index is 0.484. The second-order valence-corrected chi connectivity index (χ2v) is 2.03. The molecule has 0 aliphatic carbocycles. The molecule has 0 aliphatic heterocycles. The molecule has 0 rings (SSSR count). The molecule has 3 heteroatoms. The van der Waals surface area contributed by atoms with Gasteiger partial charge in [-0.1, -0.05) is 13.8 Å². The first-order valence-corrected chi connectivity index (χ1v) is 3.70. The van der Waals surface area contributed by atoms with E-state index in [2.05, 4.69) is 0 Å². The molecule has 1 radical (unpaired) electrons. The fourth-order valence-corrected chi connectivity index (χ4v) is 0.476. The van der Waals surface area contributed by atoms with Gasteiger partial charge in [0, 0.05) is 0 Å². The highest BCUT2D eigenvalue weighted by molar-refractivity contribution is 4.26. The molecular weight excluding hydrogens is 132 g/mol. The van der Waals surface area contributed by atoms with Crippen LogP contribution in [0.2, 0.25) is 0 Å². The predicted molar refractivity (Wildman–Crippen MR) is 37.0 cm³/mol. The summed E-state index contributed by atoms with van der Waals surface area (Å²) < 4.78 is 9.43. The van der Waals surface area contributed by atoms with Gasteiger partial charge in [0.05, 0.1) is 13.2 Å². The topological polar surface area (TPSA) is 38.4 Å². The van der Waals surface area contributed by atoms with Crippen LogP contribution in [0.4, 0.5) is 0 Å². The molecule has 10 heavy (non-hydrogen) atoms. The summed E-state index contributed by atoms with van der Waals surface area (Å²) in [5.41, 5.74) is 0. The molecule has 61 valence electrons. The van der Waals surface area contributed by atoms with E-state index in [0.29, 0.717) is 13.2 Å². The number of hydrogen-bond donors (Lipinski definition) is 0. The molecule has 3 nitrogen and oxygen atoms in total. The van der Waals surface area contributed by atoms with Crippen molar-refractivity contribution in [2.24, 2.45) is 0 Å². The molecule has 0 heterocycles. The molecule has 0 atom stereocenters. The van der Waals surface area contributed by atoms with Crippen LogP contribution < -0.4 is 0 Å². The zero-order valence-corrected chi connectivity index (χ0v) is 6.63. The Bertz CT molecular complexity index is 57.9. The second-order valence-electron chi connectivity index (χ2n) is 2.03. The first-order valence-electron chi connectivity index (χ1n) is 3.70. The maximum Gasteiger partial charge on any atom is 0.301 e. The van der Waals surface area contributed by atoms with Crippen molar-refractivity contribution >= 4 is 0 Å². The van der Waals surface area contributed by atoms with Crippen molar-refractivity contribution in [1.29, 1.82) is 0 Å². The average Bonchev–Trinajstić information content (AvgIpc) is 1.97. The van der Waals surface area contributed by atoms with Gasteiger partial charge >= 0.3 is 6.48 Å². The van der Waals surface area contributed by atoms with Gasteiger partial charge in [-0.15, -0.1) is 0 Å². The Morgan fingerprint density at radius 1 is 1.10 bits per heavy atom. The summed E-state index contributed by atoms with van der Waals surface area (Å²) in [5, 5.41) is 10.6. The van der Waals surface area contributed by atoms with Crippen LogP contribution in [0.25, 0.3) is 0 Å². The molecule has 0 saturated heterocycles. The van der Waals surface area contributed by atoms with Crippen LogP contribution in [0.5, 0.6) is 0 Å². The van der Waals surface area contributed by atoms with E-state index in [0.717, 1.165) is 12.8 Å². The van der Waals surface area contributed by atoms with Crippen molar-refractivity contribution in [2.45, 2.75) is 33.2 Å². The molecular formula is C7H15O3. The quantitative estimate of drug-likeness (QED) is 0.535. The van der Waals surface area contributed by atoms with E-state index >= 15 is 0 Å². The lowest BCUT2D eigenvalue weighted by Crippen LogP contribution is -2.15. The number of hydrogen-bond acceptors (Lipinski definition) is 2. The molecule has 0 fully saturated rings. The van der Waals surface area contributed by atoms with Crippen LogP contribution in [-0.2, 0) is 14.6 Å². The zero-order chi connectivity index (χ0) is 7.82. The number of ether oxygens (including phenoxy) is 2. The molecule has 0 saturated carbocycles. The fraction of sp³-hybridized carbons (Fsp3) is 1.00. The highest BCUT2D eigenvalue weighted by atomic mass is 16.8. The van der Waals surface area contributed by atoms with Crippen LogP contribution in [0.1, 0.15) is 26.7 Å². The third kappa shape index (κ3) is 6.01. The second kappa shape index (κ2) is 6.99. The smallest absolute Gasteiger partial charge is 0.301 e. The maximum absolute atomic E-state index is 10.6. The summed E-state index contributed by atoms with van der Waals surface area (Å²) >= 11 is 0. The molecule has 0 N–H and O–H groups in total. The molecule has 0 aliphatic rings. The van der Waals surface area contributed by atoms with Gasteiger partial charge in [-0.3, -0.25) is 0 Å². The van der Waals surface area contributed by atoms with Crippen molar-refractivity contribution in [3.63, 3.8) is 0 Å². The van der Waals surface area contributed by atoms with Gasteiger partial charge in [-0.25, -0.2) is 0 Å². The first kappa shape index (κ1) is 9.88. The van der Waals surface area contributed by atoms with Crippen LogP contribution >= 0.6 is 0 Å². The highest BCUT2D eigenvalue weighted by Crippen LogP contribution is 1.93. The number of rotatable bonds is 6. The van der Waals surface area contributed by atoms with Crippen LogP contribution in [0, 0.1) is 0 Å². The molecule has 0 aromatic carbocycles. The van der Waals surface area contributed by atoms with Gasteiger partial charge in [0.15, 0.2) is 0 Å². The minimum Gasteiger partial charge on any atom is -0.328 e. The van der Waals surface area contributed by atoms with Crippen molar-refractivity contribution in [2.75, 3.05) is 13.2 Å². The van der Waals surface area contributed by atoms with Gasteiger partial charge in [-0.2, -0.15) is 5.11 Å². The Labute approximate surface area is 62.0 Å².